The van der Waals surface area contributed by atoms with Gasteiger partial charge in [0.05, 0.1) is 26.0 Å². The van der Waals surface area contributed by atoms with E-state index in [1.54, 1.807) is 36.4 Å². The lowest BCUT2D eigenvalue weighted by molar-refractivity contribution is -0.128. The third kappa shape index (κ3) is 8.85. The number of furan rings is 1. The molecule has 0 aliphatic carbocycles. The van der Waals surface area contributed by atoms with E-state index in [0.717, 1.165) is 5.56 Å². The summed E-state index contributed by atoms with van der Waals surface area (Å²) in [6.07, 6.45) is 2.73. The first-order chi connectivity index (χ1) is 21.4. The van der Waals surface area contributed by atoms with Gasteiger partial charge in [0.15, 0.2) is 5.76 Å². The van der Waals surface area contributed by atoms with Crippen LogP contribution in [-0.4, -0.2) is 54.8 Å². The molecule has 1 aromatic heterocycles. The number of hydrogen-bond donors (Lipinski definition) is 2. The number of amides is 2. The first kappa shape index (κ1) is 30.7. The third-order valence-corrected chi connectivity index (χ3v) is 7.31. The van der Waals surface area contributed by atoms with E-state index < -0.39 is 11.9 Å². The lowest BCUT2D eigenvalue weighted by atomic mass is 9.91. The van der Waals surface area contributed by atoms with Crippen molar-refractivity contribution in [2.75, 3.05) is 31.6 Å². The van der Waals surface area contributed by atoms with Crippen LogP contribution in [0.1, 0.15) is 29.0 Å². The summed E-state index contributed by atoms with van der Waals surface area (Å²) < 4.78 is 29.9. The summed E-state index contributed by atoms with van der Waals surface area (Å²) in [6, 6.07) is 24.4. The molecule has 0 spiro atoms. The molecule has 9 nitrogen and oxygen atoms in total. The van der Waals surface area contributed by atoms with Gasteiger partial charge < -0.3 is 24.5 Å². The fourth-order valence-electron chi connectivity index (χ4n) is 4.94. The number of hydrogen-bond acceptors (Lipinski definition) is 7. The Balaban J connectivity index is 1.15. The van der Waals surface area contributed by atoms with Crippen LogP contribution in [0.4, 0.5) is 10.1 Å². The van der Waals surface area contributed by atoms with E-state index in [1.165, 1.54) is 30.5 Å². The Hall–Kier alpha value is -4.80. The minimum absolute atomic E-state index is 0.0125. The number of piperidine rings is 1. The lowest BCUT2D eigenvalue weighted by Gasteiger charge is -2.30. The molecule has 228 valence electrons. The summed E-state index contributed by atoms with van der Waals surface area (Å²) in [4.78, 5) is 40.9. The summed E-state index contributed by atoms with van der Waals surface area (Å²) in [6.45, 7) is 1.51. The van der Waals surface area contributed by atoms with Gasteiger partial charge in [0.25, 0.3) is 0 Å². The van der Waals surface area contributed by atoms with Crippen LogP contribution in [0.5, 0.6) is 11.5 Å². The first-order valence-corrected chi connectivity index (χ1v) is 14.5. The average Bonchev–Trinajstić information content (AvgIpc) is 3.58. The quantitative estimate of drug-likeness (QED) is 0.197. The van der Waals surface area contributed by atoms with E-state index in [-0.39, 0.29) is 43.2 Å². The van der Waals surface area contributed by atoms with Crippen LogP contribution >= 0.6 is 0 Å². The molecule has 5 rings (SSSR count). The van der Waals surface area contributed by atoms with Crippen LogP contribution in [-0.2, 0) is 20.9 Å². The fraction of sp³-hybridized carbons (Fsp3) is 0.265. The summed E-state index contributed by atoms with van der Waals surface area (Å²) in [5, 5.41) is 5.65. The Labute approximate surface area is 255 Å². The summed E-state index contributed by atoms with van der Waals surface area (Å²) in [5.41, 5.74) is 1.45. The van der Waals surface area contributed by atoms with Gasteiger partial charge in [-0.25, -0.2) is 4.39 Å². The Kier molecular flexibility index (Phi) is 10.5. The predicted octanol–water partition coefficient (Wildman–Crippen LogP) is 5.45. The second-order valence-electron chi connectivity index (χ2n) is 10.6. The van der Waals surface area contributed by atoms with Crippen molar-refractivity contribution in [2.45, 2.75) is 25.5 Å². The highest BCUT2D eigenvalue weighted by Gasteiger charge is 2.29. The molecule has 2 N–H and O–H groups in total. The molecule has 0 unspecified atom stereocenters. The van der Waals surface area contributed by atoms with Gasteiger partial charge in [-0.3, -0.25) is 19.3 Å². The number of Topliss-reactive ketones (excluding diaryl/α,β-unsaturated/α-hetero) is 1. The van der Waals surface area contributed by atoms with E-state index in [4.69, 9.17) is 13.9 Å². The second-order valence-corrected chi connectivity index (χ2v) is 10.6. The monoisotopic (exact) mass is 599 g/mol. The molecule has 2 heterocycles. The van der Waals surface area contributed by atoms with Crippen molar-refractivity contribution in [3.8, 4) is 11.5 Å². The SMILES string of the molecule is O=C(CN1CCC(C(=O)c2ccco2)CC1)N[C@@H](COCc1ccccc1)C(=O)Nc1ccc(Oc2ccc(F)cc2)cc1. The average molecular weight is 600 g/mol. The van der Waals surface area contributed by atoms with Gasteiger partial charge in [-0.1, -0.05) is 30.3 Å². The Bertz CT molecular complexity index is 1500. The first-order valence-electron chi connectivity index (χ1n) is 14.5. The number of likely N-dealkylation sites (tertiary alicyclic amines) is 1. The molecule has 0 bridgehead atoms. The minimum Gasteiger partial charge on any atom is -0.461 e. The molecular weight excluding hydrogens is 565 g/mol. The smallest absolute Gasteiger partial charge is 0.249 e. The van der Waals surface area contributed by atoms with Crippen LogP contribution in [0.25, 0.3) is 0 Å². The molecule has 1 aliphatic rings. The topological polar surface area (TPSA) is 110 Å². The minimum atomic E-state index is -0.945. The van der Waals surface area contributed by atoms with Gasteiger partial charge in [-0.05, 0) is 92.2 Å². The van der Waals surface area contributed by atoms with Crippen LogP contribution in [0.15, 0.2) is 102 Å². The fourth-order valence-corrected chi connectivity index (χ4v) is 4.94. The number of nitrogens with one attached hydrogen (secondary N) is 2. The molecule has 10 heteroatoms. The molecule has 0 saturated carbocycles. The zero-order valence-corrected chi connectivity index (χ0v) is 24.1. The number of carbonyl (C=O) groups excluding carboxylic acids is 3. The summed E-state index contributed by atoms with van der Waals surface area (Å²) in [7, 11) is 0. The van der Waals surface area contributed by atoms with Crippen LogP contribution in [0.3, 0.4) is 0 Å². The van der Waals surface area contributed by atoms with Crippen molar-refractivity contribution in [3.05, 3.63) is 114 Å². The largest absolute Gasteiger partial charge is 0.461 e. The maximum Gasteiger partial charge on any atom is 0.249 e. The number of ketones is 1. The molecule has 3 aromatic carbocycles. The third-order valence-electron chi connectivity index (χ3n) is 7.31. The number of benzene rings is 3. The van der Waals surface area contributed by atoms with E-state index in [1.807, 2.05) is 35.2 Å². The number of rotatable bonds is 13. The van der Waals surface area contributed by atoms with Crippen LogP contribution in [0, 0.1) is 11.7 Å². The number of carbonyl (C=O) groups is 3. The molecule has 4 aromatic rings. The van der Waals surface area contributed by atoms with Gasteiger partial charge >= 0.3 is 0 Å². The maximum absolute atomic E-state index is 13.3. The van der Waals surface area contributed by atoms with Gasteiger partial charge in [-0.15, -0.1) is 0 Å². The van der Waals surface area contributed by atoms with Gasteiger partial charge in [0, 0.05) is 11.6 Å². The van der Waals surface area contributed by atoms with Crippen molar-refractivity contribution < 1.29 is 32.7 Å². The summed E-state index contributed by atoms with van der Waals surface area (Å²) in [5.74, 6) is 0.107. The molecule has 1 fully saturated rings. The van der Waals surface area contributed by atoms with Crippen LogP contribution in [0.2, 0.25) is 0 Å². The number of ether oxygens (including phenoxy) is 2. The molecule has 1 saturated heterocycles. The zero-order chi connectivity index (χ0) is 30.7. The van der Waals surface area contributed by atoms with Crippen molar-refractivity contribution in [1.82, 2.24) is 10.2 Å². The molecule has 1 atom stereocenters. The van der Waals surface area contributed by atoms with Crippen molar-refractivity contribution >= 4 is 23.3 Å². The highest BCUT2D eigenvalue weighted by atomic mass is 19.1. The Morgan fingerprint density at radius 1 is 0.886 bits per heavy atom. The van der Waals surface area contributed by atoms with E-state index in [0.29, 0.717) is 48.9 Å². The van der Waals surface area contributed by atoms with E-state index in [9.17, 15) is 18.8 Å². The van der Waals surface area contributed by atoms with Crippen molar-refractivity contribution in [3.63, 3.8) is 0 Å². The number of anilines is 1. The molecule has 44 heavy (non-hydrogen) atoms. The summed E-state index contributed by atoms with van der Waals surface area (Å²) >= 11 is 0. The predicted molar refractivity (Wildman–Crippen MR) is 162 cm³/mol. The normalized spacial score (nSPS) is 14.5. The highest BCUT2D eigenvalue weighted by Crippen LogP contribution is 2.24. The van der Waals surface area contributed by atoms with E-state index >= 15 is 0 Å². The second kappa shape index (κ2) is 15.1. The number of halogens is 1. The Morgan fingerprint density at radius 2 is 1.57 bits per heavy atom. The standard InChI is InChI=1S/C34H34FN3O6/c35-26-8-12-28(13-9-26)44-29-14-10-27(11-15-29)36-34(41)30(23-42-22-24-5-2-1-3-6-24)37-32(39)21-38-18-16-25(17-19-38)33(40)31-7-4-20-43-31/h1-15,20,25,30H,16-19,21-23H2,(H,36,41)(H,37,39)/t30-/m0/s1. The Morgan fingerprint density at radius 3 is 2.23 bits per heavy atom. The maximum atomic E-state index is 13.3. The van der Waals surface area contributed by atoms with Crippen LogP contribution < -0.4 is 15.4 Å². The molecule has 1 aliphatic heterocycles. The van der Waals surface area contributed by atoms with Gasteiger partial charge in [-0.2, -0.15) is 0 Å². The molecular formula is C34H34FN3O6. The number of nitrogens with zero attached hydrogens (tertiary/aromatic N) is 1. The van der Waals surface area contributed by atoms with Gasteiger partial charge in [0.1, 0.15) is 23.4 Å². The molecule has 0 radical (unpaired) electrons. The lowest BCUT2D eigenvalue weighted by Crippen LogP contribution is -2.50. The van der Waals surface area contributed by atoms with Gasteiger partial charge in [0.2, 0.25) is 17.6 Å². The van der Waals surface area contributed by atoms with Crippen molar-refractivity contribution in [1.29, 1.82) is 0 Å². The van der Waals surface area contributed by atoms with E-state index in [2.05, 4.69) is 10.6 Å². The zero-order valence-electron chi connectivity index (χ0n) is 24.1. The highest BCUT2D eigenvalue weighted by molar-refractivity contribution is 5.97. The molecule has 2 amide bonds. The van der Waals surface area contributed by atoms with Crippen molar-refractivity contribution in [2.24, 2.45) is 5.92 Å².